The molecule has 2 N–H and O–H groups in total. The molecule has 0 unspecified atom stereocenters. The number of thiazole rings is 1. The topological polar surface area (TPSA) is 88.2 Å². The zero-order valence-electron chi connectivity index (χ0n) is 15.0. The van der Waals surface area contributed by atoms with E-state index in [1.807, 2.05) is 36.6 Å². The van der Waals surface area contributed by atoms with Crippen LogP contribution in [0.1, 0.15) is 12.0 Å². The highest BCUT2D eigenvalue weighted by molar-refractivity contribution is 7.89. The lowest BCUT2D eigenvalue weighted by atomic mass is 10.1. The lowest BCUT2D eigenvalue weighted by molar-refractivity contribution is -0.116. The fourth-order valence-electron chi connectivity index (χ4n) is 2.54. The first-order valence-electron chi connectivity index (χ1n) is 8.42. The number of hydrogen-bond donors (Lipinski definition) is 2. The predicted molar refractivity (Wildman–Crippen MR) is 112 cm³/mol. The maximum atomic E-state index is 12.2. The van der Waals surface area contributed by atoms with Crippen LogP contribution in [0.2, 0.25) is 5.02 Å². The van der Waals surface area contributed by atoms with Crippen LogP contribution in [-0.2, 0) is 14.8 Å². The van der Waals surface area contributed by atoms with Crippen LogP contribution in [0.4, 0.5) is 5.13 Å². The van der Waals surface area contributed by atoms with Gasteiger partial charge in [0.1, 0.15) is 4.90 Å². The molecule has 0 aliphatic heterocycles. The summed E-state index contributed by atoms with van der Waals surface area (Å²) in [6.07, 6.45) is -0.0248. The van der Waals surface area contributed by atoms with Crippen LogP contribution in [0.15, 0.2) is 58.8 Å². The molecule has 1 heterocycles. The van der Waals surface area contributed by atoms with E-state index in [1.165, 1.54) is 23.5 Å². The van der Waals surface area contributed by atoms with Gasteiger partial charge in [-0.25, -0.2) is 18.1 Å². The predicted octanol–water partition coefficient (Wildman–Crippen LogP) is 4.08. The Labute approximate surface area is 172 Å². The Bertz CT molecular complexity index is 1100. The van der Waals surface area contributed by atoms with Crippen LogP contribution in [0, 0.1) is 6.92 Å². The first-order chi connectivity index (χ1) is 13.4. The van der Waals surface area contributed by atoms with Gasteiger partial charge in [0.2, 0.25) is 15.9 Å². The standard InChI is InChI=1S/C19H18ClN3O3S2/c1-13-6-2-3-7-14(13)16-12-27-19(22-16)23-18(24)10-11-21-28(25,26)17-9-5-4-8-15(17)20/h2-9,12,21H,10-11H2,1H3,(H,22,23,24). The zero-order chi connectivity index (χ0) is 20.1. The summed E-state index contributed by atoms with van der Waals surface area (Å²) in [5.41, 5.74) is 2.89. The molecule has 0 aliphatic rings. The summed E-state index contributed by atoms with van der Waals surface area (Å²) >= 11 is 7.24. The molecule has 1 amide bonds. The number of amides is 1. The Kier molecular flexibility index (Phi) is 6.46. The summed E-state index contributed by atoms with van der Waals surface area (Å²) in [6.45, 7) is 1.95. The van der Waals surface area contributed by atoms with E-state index in [0.29, 0.717) is 5.13 Å². The number of aromatic nitrogens is 1. The molecule has 0 radical (unpaired) electrons. The minimum atomic E-state index is -3.77. The highest BCUT2D eigenvalue weighted by Crippen LogP contribution is 2.27. The monoisotopic (exact) mass is 435 g/mol. The molecule has 3 aromatic rings. The average Bonchev–Trinajstić information content (AvgIpc) is 3.10. The van der Waals surface area contributed by atoms with E-state index in [0.717, 1.165) is 16.8 Å². The van der Waals surface area contributed by atoms with E-state index >= 15 is 0 Å². The van der Waals surface area contributed by atoms with Crippen molar-refractivity contribution in [1.82, 2.24) is 9.71 Å². The van der Waals surface area contributed by atoms with Gasteiger partial charge >= 0.3 is 0 Å². The second-order valence-electron chi connectivity index (χ2n) is 5.98. The Morgan fingerprint density at radius 3 is 2.61 bits per heavy atom. The molecule has 0 saturated carbocycles. The average molecular weight is 436 g/mol. The highest BCUT2D eigenvalue weighted by Gasteiger charge is 2.17. The van der Waals surface area contributed by atoms with Crippen LogP contribution >= 0.6 is 22.9 Å². The Hall–Kier alpha value is -2.26. The Morgan fingerprint density at radius 1 is 1.14 bits per heavy atom. The third-order valence-corrected chi connectivity index (χ3v) is 6.66. The second kappa shape index (κ2) is 8.83. The van der Waals surface area contributed by atoms with Crippen molar-refractivity contribution in [1.29, 1.82) is 0 Å². The molecule has 0 atom stereocenters. The van der Waals surface area contributed by atoms with Crippen molar-refractivity contribution in [2.24, 2.45) is 0 Å². The first kappa shape index (κ1) is 20.5. The summed E-state index contributed by atoms with van der Waals surface area (Å²) in [5, 5.41) is 5.17. The van der Waals surface area contributed by atoms with Gasteiger partial charge in [0.15, 0.2) is 5.13 Å². The maximum absolute atomic E-state index is 12.2. The van der Waals surface area contributed by atoms with Crippen LogP contribution in [0.25, 0.3) is 11.3 Å². The Balaban J connectivity index is 1.56. The molecule has 6 nitrogen and oxygen atoms in total. The van der Waals surface area contributed by atoms with Crippen molar-refractivity contribution in [3.8, 4) is 11.3 Å². The summed E-state index contributed by atoms with van der Waals surface area (Å²) in [7, 11) is -3.77. The van der Waals surface area contributed by atoms with Crippen molar-refractivity contribution >= 4 is 44.0 Å². The van der Waals surface area contributed by atoms with Gasteiger partial charge in [0.05, 0.1) is 10.7 Å². The fourth-order valence-corrected chi connectivity index (χ4v) is 4.81. The lowest BCUT2D eigenvalue weighted by Gasteiger charge is -2.08. The molecule has 0 bridgehead atoms. The van der Waals surface area contributed by atoms with E-state index in [2.05, 4.69) is 15.0 Å². The number of aryl methyl sites for hydroxylation is 1. The maximum Gasteiger partial charge on any atom is 0.242 e. The number of nitrogens with one attached hydrogen (secondary N) is 2. The minimum Gasteiger partial charge on any atom is -0.302 e. The van der Waals surface area contributed by atoms with Gasteiger partial charge in [-0.15, -0.1) is 11.3 Å². The molecule has 9 heteroatoms. The molecule has 28 heavy (non-hydrogen) atoms. The van der Waals surface area contributed by atoms with Crippen molar-refractivity contribution in [3.05, 3.63) is 64.5 Å². The summed E-state index contributed by atoms with van der Waals surface area (Å²) in [5.74, 6) is -0.326. The molecule has 0 fully saturated rings. The molecular weight excluding hydrogens is 418 g/mol. The van der Waals surface area contributed by atoms with Gasteiger partial charge in [0.25, 0.3) is 0 Å². The molecule has 3 rings (SSSR count). The number of hydrogen-bond acceptors (Lipinski definition) is 5. The van der Waals surface area contributed by atoms with E-state index in [9.17, 15) is 13.2 Å². The van der Waals surface area contributed by atoms with E-state index in [1.54, 1.807) is 12.1 Å². The molecule has 0 spiro atoms. The Morgan fingerprint density at radius 2 is 1.86 bits per heavy atom. The van der Waals surface area contributed by atoms with Gasteiger partial charge in [-0.3, -0.25) is 4.79 Å². The van der Waals surface area contributed by atoms with Gasteiger partial charge in [-0.05, 0) is 24.6 Å². The second-order valence-corrected chi connectivity index (χ2v) is 8.98. The van der Waals surface area contributed by atoms with Crippen molar-refractivity contribution < 1.29 is 13.2 Å². The van der Waals surface area contributed by atoms with Gasteiger partial charge in [0, 0.05) is 23.9 Å². The van der Waals surface area contributed by atoms with E-state index < -0.39 is 10.0 Å². The summed E-state index contributed by atoms with van der Waals surface area (Å²) in [4.78, 5) is 16.5. The number of halogens is 1. The van der Waals surface area contributed by atoms with Gasteiger partial charge < -0.3 is 5.32 Å². The molecule has 1 aromatic heterocycles. The van der Waals surface area contributed by atoms with Crippen LogP contribution in [0.3, 0.4) is 0 Å². The van der Waals surface area contributed by atoms with Crippen molar-refractivity contribution in [2.75, 3.05) is 11.9 Å². The largest absolute Gasteiger partial charge is 0.302 e. The van der Waals surface area contributed by atoms with Crippen LogP contribution in [0.5, 0.6) is 0 Å². The van der Waals surface area contributed by atoms with Crippen molar-refractivity contribution in [3.63, 3.8) is 0 Å². The van der Waals surface area contributed by atoms with Crippen molar-refractivity contribution in [2.45, 2.75) is 18.2 Å². The first-order valence-corrected chi connectivity index (χ1v) is 11.2. The quantitative estimate of drug-likeness (QED) is 0.585. The molecule has 0 aliphatic carbocycles. The number of sulfonamides is 1. The summed E-state index contributed by atoms with van der Waals surface area (Å²) < 4.78 is 26.9. The van der Waals surface area contributed by atoms with E-state index in [-0.39, 0.29) is 28.8 Å². The van der Waals surface area contributed by atoms with Crippen LogP contribution < -0.4 is 10.0 Å². The van der Waals surface area contributed by atoms with Gasteiger partial charge in [-0.1, -0.05) is 48.0 Å². The minimum absolute atomic E-state index is 0.0140. The third kappa shape index (κ3) is 4.96. The number of carbonyl (C=O) groups excluding carboxylic acids is 1. The SMILES string of the molecule is Cc1ccccc1-c1csc(NC(=O)CCNS(=O)(=O)c2ccccc2Cl)n1. The lowest BCUT2D eigenvalue weighted by Crippen LogP contribution is -2.28. The molecule has 0 saturated heterocycles. The third-order valence-electron chi connectivity index (χ3n) is 3.94. The highest BCUT2D eigenvalue weighted by atomic mass is 35.5. The fraction of sp³-hybridized carbons (Fsp3) is 0.158. The molecule has 2 aromatic carbocycles. The number of anilines is 1. The molecular formula is C19H18ClN3O3S2. The van der Waals surface area contributed by atoms with Crippen LogP contribution in [-0.4, -0.2) is 25.9 Å². The zero-order valence-corrected chi connectivity index (χ0v) is 17.4. The number of carbonyl (C=O) groups is 1. The smallest absolute Gasteiger partial charge is 0.242 e. The van der Waals surface area contributed by atoms with Gasteiger partial charge in [-0.2, -0.15) is 0 Å². The molecule has 146 valence electrons. The number of rotatable bonds is 7. The summed E-state index contributed by atoms with van der Waals surface area (Å²) in [6, 6.07) is 14.0. The normalized spacial score (nSPS) is 11.4. The number of nitrogens with zero attached hydrogens (tertiary/aromatic N) is 1. The number of benzene rings is 2. The van der Waals surface area contributed by atoms with E-state index in [4.69, 9.17) is 11.6 Å².